The fraction of sp³-hybridized carbons (Fsp3) is 0.450. The Morgan fingerprint density at radius 2 is 2.00 bits per heavy atom. The molecule has 150 valence electrons. The number of rotatable bonds is 5. The third-order valence-corrected chi connectivity index (χ3v) is 6.07. The second-order valence-electron chi connectivity index (χ2n) is 7.52. The monoisotopic (exact) mass is 403 g/mol. The Bertz CT molecular complexity index is 857. The van der Waals surface area contributed by atoms with E-state index in [9.17, 15) is 14.4 Å². The molecule has 0 saturated carbocycles. The molecule has 0 saturated heterocycles. The van der Waals surface area contributed by atoms with Gasteiger partial charge in [-0.1, -0.05) is 20.8 Å². The summed E-state index contributed by atoms with van der Waals surface area (Å²) in [7, 11) is 0. The standard InChI is InChI=1S/C20H25N3O4S/c1-11(2)17(21-18(24)14-5-4-8-27-14)20(26)23-22-19(25)16-10-13-9-12(3)6-7-15(13)28-16/h4-5,8,10-12,17H,6-7,9H2,1-3H3,(H,21,24)(H,22,25)(H,23,26)/t12-,17+/m1/s1. The molecule has 0 aromatic carbocycles. The van der Waals surface area contributed by atoms with Gasteiger partial charge in [-0.15, -0.1) is 11.3 Å². The Hall–Kier alpha value is -2.61. The van der Waals surface area contributed by atoms with E-state index in [0.717, 1.165) is 19.3 Å². The van der Waals surface area contributed by atoms with Crippen LogP contribution in [0.4, 0.5) is 0 Å². The number of hydrazine groups is 1. The quantitative estimate of drug-likeness (QED) is 0.668. The van der Waals surface area contributed by atoms with E-state index in [1.54, 1.807) is 6.07 Å². The summed E-state index contributed by atoms with van der Waals surface area (Å²) in [5.41, 5.74) is 6.11. The molecule has 1 aliphatic rings. The summed E-state index contributed by atoms with van der Waals surface area (Å²) >= 11 is 1.48. The first kappa shape index (κ1) is 20.1. The number of carbonyl (C=O) groups excluding carboxylic acids is 3. The van der Waals surface area contributed by atoms with Crippen molar-refractivity contribution in [3.05, 3.63) is 45.5 Å². The molecule has 1 aliphatic carbocycles. The molecule has 0 radical (unpaired) electrons. The second-order valence-corrected chi connectivity index (χ2v) is 8.66. The van der Waals surface area contributed by atoms with Gasteiger partial charge in [-0.3, -0.25) is 25.2 Å². The summed E-state index contributed by atoms with van der Waals surface area (Å²) in [6.07, 6.45) is 4.51. The summed E-state index contributed by atoms with van der Waals surface area (Å²) in [6.45, 7) is 5.83. The van der Waals surface area contributed by atoms with Crippen LogP contribution in [0, 0.1) is 11.8 Å². The minimum Gasteiger partial charge on any atom is -0.459 e. The highest BCUT2D eigenvalue weighted by Gasteiger charge is 2.26. The van der Waals surface area contributed by atoms with Crippen LogP contribution in [0.2, 0.25) is 0 Å². The molecule has 8 heteroatoms. The number of nitrogens with one attached hydrogen (secondary N) is 3. The highest BCUT2D eigenvalue weighted by Crippen LogP contribution is 2.32. The Labute approximate surface area is 167 Å². The minimum atomic E-state index is -0.810. The fourth-order valence-electron chi connectivity index (χ4n) is 3.23. The summed E-state index contributed by atoms with van der Waals surface area (Å²) in [5, 5.41) is 2.63. The molecule has 2 aromatic rings. The Morgan fingerprint density at radius 1 is 1.21 bits per heavy atom. The molecule has 28 heavy (non-hydrogen) atoms. The Kier molecular flexibility index (Phi) is 6.18. The Balaban J connectivity index is 1.58. The molecule has 7 nitrogen and oxygen atoms in total. The molecule has 0 aliphatic heterocycles. The molecular formula is C20H25N3O4S. The molecule has 0 spiro atoms. The van der Waals surface area contributed by atoms with Crippen molar-refractivity contribution in [1.29, 1.82) is 0 Å². The molecule has 2 heterocycles. The van der Waals surface area contributed by atoms with E-state index in [1.807, 2.05) is 19.9 Å². The number of furan rings is 1. The van der Waals surface area contributed by atoms with E-state index in [-0.39, 0.29) is 17.6 Å². The van der Waals surface area contributed by atoms with Crippen LogP contribution in [0.3, 0.4) is 0 Å². The van der Waals surface area contributed by atoms with Gasteiger partial charge in [0.2, 0.25) is 0 Å². The van der Waals surface area contributed by atoms with Crippen LogP contribution in [0.5, 0.6) is 0 Å². The van der Waals surface area contributed by atoms with E-state index in [2.05, 4.69) is 23.1 Å². The third-order valence-electron chi connectivity index (χ3n) is 4.83. The SMILES string of the molecule is CC(C)[C@H](NC(=O)c1ccco1)C(=O)NNC(=O)c1cc2c(s1)CC[C@@H](C)C2. The normalized spacial score (nSPS) is 16.9. The first-order valence-corrected chi connectivity index (χ1v) is 10.2. The molecular weight excluding hydrogens is 378 g/mol. The topological polar surface area (TPSA) is 100 Å². The van der Waals surface area contributed by atoms with Gasteiger partial charge in [0.05, 0.1) is 11.1 Å². The van der Waals surface area contributed by atoms with Gasteiger partial charge in [-0.2, -0.15) is 0 Å². The molecule has 0 fully saturated rings. The van der Waals surface area contributed by atoms with E-state index in [1.165, 1.54) is 34.1 Å². The van der Waals surface area contributed by atoms with Crippen molar-refractivity contribution < 1.29 is 18.8 Å². The van der Waals surface area contributed by atoms with Crippen molar-refractivity contribution in [2.45, 2.75) is 46.1 Å². The van der Waals surface area contributed by atoms with Crippen LogP contribution in [-0.2, 0) is 17.6 Å². The van der Waals surface area contributed by atoms with Crippen LogP contribution >= 0.6 is 11.3 Å². The number of hydrogen-bond donors (Lipinski definition) is 3. The second kappa shape index (κ2) is 8.60. The Morgan fingerprint density at radius 3 is 2.68 bits per heavy atom. The van der Waals surface area contributed by atoms with Gasteiger partial charge < -0.3 is 9.73 Å². The third kappa shape index (κ3) is 4.62. The van der Waals surface area contributed by atoms with Gasteiger partial charge in [0.1, 0.15) is 6.04 Å². The minimum absolute atomic E-state index is 0.126. The highest BCUT2D eigenvalue weighted by molar-refractivity contribution is 7.14. The van der Waals surface area contributed by atoms with Crippen molar-refractivity contribution in [3.63, 3.8) is 0 Å². The maximum absolute atomic E-state index is 12.5. The van der Waals surface area contributed by atoms with Crippen LogP contribution < -0.4 is 16.2 Å². The van der Waals surface area contributed by atoms with Crippen molar-refractivity contribution in [3.8, 4) is 0 Å². The van der Waals surface area contributed by atoms with E-state index >= 15 is 0 Å². The van der Waals surface area contributed by atoms with Crippen LogP contribution in [0.15, 0.2) is 28.9 Å². The van der Waals surface area contributed by atoms with Crippen molar-refractivity contribution in [2.24, 2.45) is 11.8 Å². The highest BCUT2D eigenvalue weighted by atomic mass is 32.1. The van der Waals surface area contributed by atoms with Crippen LogP contribution in [0.25, 0.3) is 0 Å². The van der Waals surface area contributed by atoms with Gasteiger partial charge in [0.15, 0.2) is 5.76 Å². The van der Waals surface area contributed by atoms with E-state index in [0.29, 0.717) is 10.8 Å². The van der Waals surface area contributed by atoms with Gasteiger partial charge in [-0.25, -0.2) is 0 Å². The molecule has 3 rings (SSSR count). The lowest BCUT2D eigenvalue weighted by Gasteiger charge is -2.21. The lowest BCUT2D eigenvalue weighted by atomic mass is 9.90. The molecule has 2 atom stereocenters. The number of aryl methyl sites for hydroxylation is 1. The molecule has 3 N–H and O–H groups in total. The van der Waals surface area contributed by atoms with Gasteiger partial charge in [0, 0.05) is 4.88 Å². The molecule has 3 amide bonds. The number of thiophene rings is 1. The number of amides is 3. The zero-order valence-electron chi connectivity index (χ0n) is 16.2. The van der Waals surface area contributed by atoms with E-state index in [4.69, 9.17) is 4.42 Å². The zero-order valence-corrected chi connectivity index (χ0v) is 17.0. The number of carbonyl (C=O) groups is 3. The summed E-state index contributed by atoms with van der Waals surface area (Å²) in [6, 6.07) is 4.22. The predicted molar refractivity (Wildman–Crippen MR) is 106 cm³/mol. The first-order valence-electron chi connectivity index (χ1n) is 9.41. The lowest BCUT2D eigenvalue weighted by Crippen LogP contribution is -2.54. The summed E-state index contributed by atoms with van der Waals surface area (Å²) in [4.78, 5) is 38.9. The molecule has 2 aromatic heterocycles. The number of fused-ring (bicyclic) bond motifs is 1. The van der Waals surface area contributed by atoms with Crippen molar-refractivity contribution in [1.82, 2.24) is 16.2 Å². The lowest BCUT2D eigenvalue weighted by molar-refractivity contribution is -0.124. The van der Waals surface area contributed by atoms with Gasteiger partial charge in [-0.05, 0) is 54.9 Å². The predicted octanol–water partition coefficient (Wildman–Crippen LogP) is 2.68. The summed E-state index contributed by atoms with van der Waals surface area (Å²) in [5.74, 6) is -0.738. The van der Waals surface area contributed by atoms with Crippen molar-refractivity contribution in [2.75, 3.05) is 0 Å². The van der Waals surface area contributed by atoms with Crippen molar-refractivity contribution >= 4 is 29.1 Å². The average Bonchev–Trinajstić information content (AvgIpc) is 3.32. The first-order chi connectivity index (χ1) is 13.3. The average molecular weight is 404 g/mol. The van der Waals surface area contributed by atoms with Crippen LogP contribution in [-0.4, -0.2) is 23.8 Å². The number of hydrogen-bond acceptors (Lipinski definition) is 5. The molecule has 0 unspecified atom stereocenters. The maximum atomic E-state index is 12.5. The largest absolute Gasteiger partial charge is 0.459 e. The van der Waals surface area contributed by atoms with Gasteiger partial charge in [0.25, 0.3) is 17.7 Å². The zero-order chi connectivity index (χ0) is 20.3. The maximum Gasteiger partial charge on any atom is 0.287 e. The van der Waals surface area contributed by atoms with Gasteiger partial charge >= 0.3 is 0 Å². The van der Waals surface area contributed by atoms with Crippen LogP contribution in [0.1, 0.15) is 57.9 Å². The summed E-state index contributed by atoms with van der Waals surface area (Å²) < 4.78 is 5.05. The molecule has 0 bridgehead atoms. The van der Waals surface area contributed by atoms with E-state index < -0.39 is 17.9 Å². The smallest absolute Gasteiger partial charge is 0.287 e. The fourth-order valence-corrected chi connectivity index (χ4v) is 4.33.